The van der Waals surface area contributed by atoms with E-state index in [2.05, 4.69) is 30.7 Å². The average Bonchev–Trinajstić information content (AvgIpc) is 2.49. The minimum absolute atomic E-state index is 0.311. The van der Waals surface area contributed by atoms with Crippen molar-refractivity contribution in [3.05, 3.63) is 23.9 Å². The summed E-state index contributed by atoms with van der Waals surface area (Å²) in [6.07, 6.45) is 3.95. The number of rotatable bonds is 8. The molecule has 1 aromatic heterocycles. The molecule has 20 heavy (non-hydrogen) atoms. The quantitative estimate of drug-likeness (QED) is 0.682. The molecule has 1 aromatic rings. The Hall–Kier alpha value is -1.58. The summed E-state index contributed by atoms with van der Waals surface area (Å²) >= 11 is 0. The molecule has 1 rings (SSSR count). The van der Waals surface area contributed by atoms with E-state index < -0.39 is 0 Å². The van der Waals surface area contributed by atoms with E-state index in [1.807, 2.05) is 6.07 Å². The van der Waals surface area contributed by atoms with E-state index >= 15 is 0 Å². The number of carbonyl (C=O) groups excluding carboxylic acids is 1. The van der Waals surface area contributed by atoms with Crippen LogP contribution in [-0.4, -0.2) is 30.6 Å². The summed E-state index contributed by atoms with van der Waals surface area (Å²) in [4.78, 5) is 18.2. The fraction of sp³-hybridized carbons (Fsp3) is 0.625. The van der Waals surface area contributed by atoms with Crippen LogP contribution < -0.4 is 4.90 Å². The molecule has 0 aliphatic rings. The van der Waals surface area contributed by atoms with E-state index in [1.54, 1.807) is 19.2 Å². The Morgan fingerprint density at radius 3 is 2.40 bits per heavy atom. The van der Waals surface area contributed by atoms with E-state index in [0.717, 1.165) is 18.9 Å². The minimum atomic E-state index is -0.311. The van der Waals surface area contributed by atoms with E-state index in [9.17, 15) is 4.79 Å². The Labute approximate surface area is 122 Å². The third kappa shape index (κ3) is 4.51. The van der Waals surface area contributed by atoms with Crippen molar-refractivity contribution in [2.75, 3.05) is 24.6 Å². The summed E-state index contributed by atoms with van der Waals surface area (Å²) in [6.45, 7) is 10.7. The highest BCUT2D eigenvalue weighted by atomic mass is 16.5. The lowest BCUT2D eigenvalue weighted by molar-refractivity contribution is 0.0526. The molecule has 0 saturated heterocycles. The normalized spacial score (nSPS) is 10.7. The van der Waals surface area contributed by atoms with E-state index in [4.69, 9.17) is 4.74 Å². The molecule has 4 nitrogen and oxygen atoms in total. The van der Waals surface area contributed by atoms with Crippen molar-refractivity contribution >= 4 is 11.8 Å². The number of nitrogens with zero attached hydrogens (tertiary/aromatic N) is 2. The molecule has 0 aromatic carbocycles. The van der Waals surface area contributed by atoms with Crippen molar-refractivity contribution < 1.29 is 9.53 Å². The van der Waals surface area contributed by atoms with Crippen LogP contribution in [0.1, 0.15) is 50.9 Å². The van der Waals surface area contributed by atoms with Gasteiger partial charge in [0.25, 0.3) is 0 Å². The maximum atomic E-state index is 11.6. The average molecular weight is 278 g/mol. The predicted molar refractivity (Wildman–Crippen MR) is 82.2 cm³/mol. The van der Waals surface area contributed by atoms with Gasteiger partial charge >= 0.3 is 5.97 Å². The van der Waals surface area contributed by atoms with Gasteiger partial charge in [0.05, 0.1) is 12.2 Å². The van der Waals surface area contributed by atoms with E-state index in [-0.39, 0.29) is 5.97 Å². The summed E-state index contributed by atoms with van der Waals surface area (Å²) in [5.41, 5.74) is 0.509. The topological polar surface area (TPSA) is 42.4 Å². The molecule has 0 atom stereocenters. The van der Waals surface area contributed by atoms with Crippen LogP contribution in [0.4, 0.5) is 5.82 Å². The van der Waals surface area contributed by atoms with Crippen LogP contribution in [0.25, 0.3) is 0 Å². The molecule has 1 heterocycles. The van der Waals surface area contributed by atoms with Gasteiger partial charge in [-0.1, -0.05) is 26.7 Å². The summed E-state index contributed by atoms with van der Waals surface area (Å²) in [6, 6.07) is 3.69. The van der Waals surface area contributed by atoms with Crippen molar-refractivity contribution in [1.82, 2.24) is 4.98 Å². The summed E-state index contributed by atoms with van der Waals surface area (Å²) in [7, 11) is 0. The lowest BCUT2D eigenvalue weighted by Crippen LogP contribution is -2.29. The molecule has 4 heteroatoms. The predicted octanol–water partition coefficient (Wildman–Crippen LogP) is 3.52. The van der Waals surface area contributed by atoms with Gasteiger partial charge in [0, 0.05) is 19.3 Å². The number of hydrogen-bond donors (Lipinski definition) is 0. The number of ether oxygens (including phenoxy) is 1. The van der Waals surface area contributed by atoms with Gasteiger partial charge in [0.2, 0.25) is 0 Å². The zero-order valence-electron chi connectivity index (χ0n) is 13.1. The van der Waals surface area contributed by atoms with Gasteiger partial charge in [-0.25, -0.2) is 9.78 Å². The SMILES string of the molecule is CCOC(=O)c1ccc(N(CC)CC(CC)CC)nc1. The highest BCUT2D eigenvalue weighted by Crippen LogP contribution is 2.17. The van der Waals surface area contributed by atoms with Crippen LogP contribution in [-0.2, 0) is 4.74 Å². The molecular weight excluding hydrogens is 252 g/mol. The van der Waals surface area contributed by atoms with Gasteiger partial charge in [-0.05, 0) is 31.9 Å². The van der Waals surface area contributed by atoms with Gasteiger partial charge in [0.1, 0.15) is 5.82 Å². The Bertz CT molecular complexity index is 399. The van der Waals surface area contributed by atoms with Crippen LogP contribution >= 0.6 is 0 Å². The van der Waals surface area contributed by atoms with Crippen LogP contribution in [0, 0.1) is 5.92 Å². The molecule has 0 fully saturated rings. The lowest BCUT2D eigenvalue weighted by atomic mass is 10.0. The monoisotopic (exact) mass is 278 g/mol. The van der Waals surface area contributed by atoms with Crippen LogP contribution in [0.3, 0.4) is 0 Å². The number of hydrogen-bond acceptors (Lipinski definition) is 4. The second-order valence-corrected chi connectivity index (χ2v) is 4.85. The smallest absolute Gasteiger partial charge is 0.339 e. The number of carbonyl (C=O) groups is 1. The first-order chi connectivity index (χ1) is 9.65. The number of esters is 1. The second-order valence-electron chi connectivity index (χ2n) is 4.85. The van der Waals surface area contributed by atoms with Crippen molar-refractivity contribution in [2.24, 2.45) is 5.92 Å². The fourth-order valence-corrected chi connectivity index (χ4v) is 2.15. The lowest BCUT2D eigenvalue weighted by Gasteiger charge is -2.26. The summed E-state index contributed by atoms with van der Waals surface area (Å²) in [5, 5.41) is 0. The largest absolute Gasteiger partial charge is 0.462 e. The van der Waals surface area contributed by atoms with Gasteiger partial charge in [-0.15, -0.1) is 0 Å². The molecule has 0 amide bonds. The molecule has 0 aliphatic carbocycles. The van der Waals surface area contributed by atoms with E-state index in [1.165, 1.54) is 12.8 Å². The van der Waals surface area contributed by atoms with Crippen molar-refractivity contribution in [3.63, 3.8) is 0 Å². The van der Waals surface area contributed by atoms with E-state index in [0.29, 0.717) is 18.1 Å². The fourth-order valence-electron chi connectivity index (χ4n) is 2.15. The Morgan fingerprint density at radius 2 is 1.95 bits per heavy atom. The first kappa shape index (κ1) is 16.5. The molecule has 0 saturated carbocycles. The van der Waals surface area contributed by atoms with Gasteiger partial charge in [0.15, 0.2) is 0 Å². The summed E-state index contributed by atoms with van der Waals surface area (Å²) < 4.78 is 4.96. The van der Waals surface area contributed by atoms with Crippen molar-refractivity contribution in [3.8, 4) is 0 Å². The Balaban J connectivity index is 2.76. The molecule has 0 bridgehead atoms. The third-order valence-corrected chi connectivity index (χ3v) is 3.60. The molecule has 0 spiro atoms. The first-order valence-electron chi connectivity index (χ1n) is 7.54. The number of anilines is 1. The zero-order chi connectivity index (χ0) is 15.0. The standard InChI is InChI=1S/C16H26N2O2/c1-5-13(6-2)12-18(7-3)15-10-9-14(11-17-15)16(19)20-8-4/h9-11,13H,5-8,12H2,1-4H3. The van der Waals surface area contributed by atoms with Crippen LogP contribution in [0.5, 0.6) is 0 Å². The number of aromatic nitrogens is 1. The van der Waals surface area contributed by atoms with Crippen molar-refractivity contribution in [2.45, 2.75) is 40.5 Å². The van der Waals surface area contributed by atoms with Gasteiger partial charge < -0.3 is 9.64 Å². The molecule has 0 radical (unpaired) electrons. The zero-order valence-corrected chi connectivity index (χ0v) is 13.1. The second kappa shape index (κ2) is 8.56. The molecule has 112 valence electrons. The highest BCUT2D eigenvalue weighted by Gasteiger charge is 2.13. The molecule has 0 unspecified atom stereocenters. The number of pyridine rings is 1. The minimum Gasteiger partial charge on any atom is -0.462 e. The molecule has 0 N–H and O–H groups in total. The molecule has 0 aliphatic heterocycles. The molecular formula is C16H26N2O2. The highest BCUT2D eigenvalue weighted by molar-refractivity contribution is 5.89. The third-order valence-electron chi connectivity index (χ3n) is 3.60. The first-order valence-corrected chi connectivity index (χ1v) is 7.54. The van der Waals surface area contributed by atoms with Crippen molar-refractivity contribution in [1.29, 1.82) is 0 Å². The van der Waals surface area contributed by atoms with Crippen LogP contribution in [0.2, 0.25) is 0 Å². The Morgan fingerprint density at radius 1 is 1.25 bits per heavy atom. The van der Waals surface area contributed by atoms with Gasteiger partial charge in [-0.2, -0.15) is 0 Å². The maximum absolute atomic E-state index is 11.6. The maximum Gasteiger partial charge on any atom is 0.339 e. The van der Waals surface area contributed by atoms with Gasteiger partial charge in [-0.3, -0.25) is 0 Å². The summed E-state index contributed by atoms with van der Waals surface area (Å²) in [5.74, 6) is 1.29. The van der Waals surface area contributed by atoms with Crippen LogP contribution in [0.15, 0.2) is 18.3 Å². The Kier molecular flexibility index (Phi) is 7.05.